The van der Waals surface area contributed by atoms with E-state index in [4.69, 9.17) is 10.5 Å². The second kappa shape index (κ2) is 5.08. The number of hydrogen-bond acceptors (Lipinski definition) is 4. The monoisotopic (exact) mass is 237 g/mol. The third-order valence-corrected chi connectivity index (χ3v) is 2.33. The molecule has 0 saturated carbocycles. The lowest BCUT2D eigenvalue weighted by Gasteiger charge is -2.17. The van der Waals surface area contributed by atoms with Crippen LogP contribution in [0.1, 0.15) is 37.6 Å². The van der Waals surface area contributed by atoms with Crippen molar-refractivity contribution in [2.75, 3.05) is 12.3 Å². The van der Waals surface area contributed by atoms with Gasteiger partial charge in [-0.3, -0.25) is 0 Å². The van der Waals surface area contributed by atoms with Crippen LogP contribution in [0.5, 0.6) is 5.75 Å². The Kier molecular flexibility index (Phi) is 3.99. The summed E-state index contributed by atoms with van der Waals surface area (Å²) in [7, 11) is 0. The summed E-state index contributed by atoms with van der Waals surface area (Å²) >= 11 is 0. The van der Waals surface area contributed by atoms with Crippen LogP contribution in [0, 0.1) is 5.41 Å². The molecule has 0 aromatic heterocycles. The van der Waals surface area contributed by atoms with Crippen LogP contribution in [0.25, 0.3) is 0 Å². The minimum atomic E-state index is -0.543. The van der Waals surface area contributed by atoms with E-state index in [0.717, 1.165) is 6.42 Å². The molecule has 0 spiro atoms. The maximum absolute atomic E-state index is 11.7. The van der Waals surface area contributed by atoms with Gasteiger partial charge in [-0.2, -0.15) is 0 Å². The molecule has 17 heavy (non-hydrogen) atoms. The van der Waals surface area contributed by atoms with Gasteiger partial charge in [-0.25, -0.2) is 4.79 Å². The minimum absolute atomic E-state index is 0.109. The first kappa shape index (κ1) is 13.4. The van der Waals surface area contributed by atoms with E-state index >= 15 is 0 Å². The zero-order valence-corrected chi connectivity index (χ0v) is 10.5. The summed E-state index contributed by atoms with van der Waals surface area (Å²) < 4.78 is 5.09. The molecule has 0 atom stereocenters. The third-order valence-electron chi connectivity index (χ3n) is 2.33. The lowest BCUT2D eigenvalue weighted by Crippen LogP contribution is -2.13. The number of benzene rings is 1. The van der Waals surface area contributed by atoms with Gasteiger partial charge in [0.25, 0.3) is 0 Å². The summed E-state index contributed by atoms with van der Waals surface area (Å²) in [6.07, 6.45) is 0.766. The normalized spacial score (nSPS) is 11.2. The average Bonchev–Trinajstić information content (AvgIpc) is 2.19. The van der Waals surface area contributed by atoms with Gasteiger partial charge >= 0.3 is 5.97 Å². The van der Waals surface area contributed by atoms with Crippen LogP contribution >= 0.6 is 0 Å². The van der Waals surface area contributed by atoms with Crippen molar-refractivity contribution in [3.05, 3.63) is 23.8 Å². The average molecular weight is 237 g/mol. The van der Waals surface area contributed by atoms with Crippen LogP contribution in [0.2, 0.25) is 0 Å². The van der Waals surface area contributed by atoms with E-state index in [1.165, 1.54) is 18.2 Å². The van der Waals surface area contributed by atoms with Crippen molar-refractivity contribution in [2.45, 2.75) is 27.2 Å². The molecule has 0 radical (unpaired) electrons. The number of rotatable bonds is 3. The van der Waals surface area contributed by atoms with E-state index in [1.54, 1.807) is 0 Å². The van der Waals surface area contributed by atoms with Crippen LogP contribution < -0.4 is 5.73 Å². The predicted molar refractivity (Wildman–Crippen MR) is 66.9 cm³/mol. The molecule has 3 N–H and O–H groups in total. The standard InChI is InChI=1S/C13H19NO3/c1-13(2,3)6-7-17-12(16)10-8-9(14)4-5-11(10)15/h4-5,8,15H,6-7,14H2,1-3H3. The van der Waals surface area contributed by atoms with Gasteiger partial charge in [-0.05, 0) is 30.0 Å². The Morgan fingerprint density at radius 3 is 2.65 bits per heavy atom. The van der Waals surface area contributed by atoms with E-state index in [9.17, 15) is 9.90 Å². The number of aromatic hydroxyl groups is 1. The molecule has 0 saturated heterocycles. The highest BCUT2D eigenvalue weighted by molar-refractivity contribution is 5.93. The molecule has 0 unspecified atom stereocenters. The smallest absolute Gasteiger partial charge is 0.341 e. The summed E-state index contributed by atoms with van der Waals surface area (Å²) in [5.41, 5.74) is 6.19. The Labute approximate surface area is 101 Å². The largest absolute Gasteiger partial charge is 0.507 e. The first-order valence-corrected chi connectivity index (χ1v) is 5.55. The van der Waals surface area contributed by atoms with Crippen molar-refractivity contribution < 1.29 is 14.6 Å². The third kappa shape index (κ3) is 4.34. The molecule has 4 heteroatoms. The van der Waals surface area contributed by atoms with Gasteiger partial charge in [0, 0.05) is 5.69 Å². The Bertz CT molecular complexity index is 408. The molecule has 1 aromatic carbocycles. The second-order valence-corrected chi connectivity index (χ2v) is 5.22. The summed E-state index contributed by atoms with van der Waals surface area (Å²) in [5, 5.41) is 9.51. The minimum Gasteiger partial charge on any atom is -0.507 e. The number of phenols is 1. The number of carbonyl (C=O) groups is 1. The van der Waals surface area contributed by atoms with E-state index in [-0.39, 0.29) is 16.7 Å². The van der Waals surface area contributed by atoms with Crippen molar-refractivity contribution in [3.63, 3.8) is 0 Å². The number of esters is 1. The summed E-state index contributed by atoms with van der Waals surface area (Å²) in [6.45, 7) is 6.53. The fourth-order valence-electron chi connectivity index (χ4n) is 1.24. The predicted octanol–water partition coefficient (Wildman–Crippen LogP) is 2.57. The highest BCUT2D eigenvalue weighted by Crippen LogP contribution is 2.22. The molecule has 4 nitrogen and oxygen atoms in total. The van der Waals surface area contributed by atoms with Gasteiger partial charge in [-0.15, -0.1) is 0 Å². The molecular formula is C13H19NO3. The quantitative estimate of drug-likeness (QED) is 0.481. The van der Waals surface area contributed by atoms with Crippen molar-refractivity contribution in [1.29, 1.82) is 0 Å². The Morgan fingerprint density at radius 2 is 2.06 bits per heavy atom. The summed E-state index contributed by atoms with van der Waals surface area (Å²) in [4.78, 5) is 11.7. The molecular weight excluding hydrogens is 218 g/mol. The Morgan fingerprint density at radius 1 is 1.41 bits per heavy atom. The van der Waals surface area contributed by atoms with Crippen molar-refractivity contribution in [3.8, 4) is 5.75 Å². The van der Waals surface area contributed by atoms with Gasteiger partial charge in [0.1, 0.15) is 11.3 Å². The van der Waals surface area contributed by atoms with E-state index in [2.05, 4.69) is 20.8 Å². The molecule has 94 valence electrons. The van der Waals surface area contributed by atoms with Gasteiger partial charge in [0.15, 0.2) is 0 Å². The molecule has 0 aliphatic rings. The Balaban J connectivity index is 2.61. The fraction of sp³-hybridized carbons (Fsp3) is 0.462. The maximum atomic E-state index is 11.7. The number of carbonyl (C=O) groups excluding carboxylic acids is 1. The zero-order chi connectivity index (χ0) is 13.1. The Hall–Kier alpha value is -1.71. The molecule has 1 aromatic rings. The van der Waals surface area contributed by atoms with Crippen LogP contribution in [-0.4, -0.2) is 17.7 Å². The molecule has 0 bridgehead atoms. The van der Waals surface area contributed by atoms with Gasteiger partial charge in [0.05, 0.1) is 6.61 Å². The second-order valence-electron chi connectivity index (χ2n) is 5.22. The van der Waals surface area contributed by atoms with Crippen molar-refractivity contribution in [1.82, 2.24) is 0 Å². The van der Waals surface area contributed by atoms with Gasteiger partial charge in [0.2, 0.25) is 0 Å². The molecule has 0 fully saturated rings. The van der Waals surface area contributed by atoms with Gasteiger partial charge in [-0.1, -0.05) is 20.8 Å². The highest BCUT2D eigenvalue weighted by atomic mass is 16.5. The number of ether oxygens (including phenoxy) is 1. The zero-order valence-electron chi connectivity index (χ0n) is 10.5. The van der Waals surface area contributed by atoms with Crippen LogP contribution in [-0.2, 0) is 4.74 Å². The van der Waals surface area contributed by atoms with Crippen LogP contribution in [0.4, 0.5) is 5.69 Å². The van der Waals surface area contributed by atoms with Gasteiger partial charge < -0.3 is 15.6 Å². The lowest BCUT2D eigenvalue weighted by atomic mass is 9.93. The molecule has 0 amide bonds. The first-order valence-electron chi connectivity index (χ1n) is 5.55. The van der Waals surface area contributed by atoms with Crippen molar-refractivity contribution in [2.24, 2.45) is 5.41 Å². The van der Waals surface area contributed by atoms with E-state index in [1.807, 2.05) is 0 Å². The summed E-state index contributed by atoms with van der Waals surface area (Å²) in [5.74, 6) is -0.654. The molecule has 0 heterocycles. The molecule has 1 rings (SSSR count). The van der Waals surface area contributed by atoms with Crippen molar-refractivity contribution >= 4 is 11.7 Å². The fourth-order valence-corrected chi connectivity index (χ4v) is 1.24. The number of nitrogen functional groups attached to an aromatic ring is 1. The number of nitrogens with two attached hydrogens (primary N) is 1. The van der Waals surface area contributed by atoms with Crippen LogP contribution in [0.3, 0.4) is 0 Å². The number of phenolic OH excluding ortho intramolecular Hbond substituents is 1. The maximum Gasteiger partial charge on any atom is 0.341 e. The topological polar surface area (TPSA) is 72.5 Å². The summed E-state index contributed by atoms with van der Waals surface area (Å²) in [6, 6.07) is 4.33. The number of hydrogen-bond donors (Lipinski definition) is 2. The first-order chi connectivity index (χ1) is 7.79. The molecule has 0 aliphatic heterocycles. The number of anilines is 1. The van der Waals surface area contributed by atoms with E-state index in [0.29, 0.717) is 12.3 Å². The molecule has 0 aliphatic carbocycles. The highest BCUT2D eigenvalue weighted by Gasteiger charge is 2.15. The van der Waals surface area contributed by atoms with E-state index < -0.39 is 5.97 Å². The SMILES string of the molecule is CC(C)(C)CCOC(=O)c1cc(N)ccc1O. The van der Waals surface area contributed by atoms with Crippen LogP contribution in [0.15, 0.2) is 18.2 Å². The lowest BCUT2D eigenvalue weighted by molar-refractivity contribution is 0.0462.